The minimum atomic E-state index is -3.50. The van der Waals surface area contributed by atoms with Gasteiger partial charge in [0.05, 0.1) is 11.4 Å². The summed E-state index contributed by atoms with van der Waals surface area (Å²) in [5.41, 5.74) is 3.35. The number of nitrogens with zero attached hydrogens (tertiary/aromatic N) is 3. The van der Waals surface area contributed by atoms with E-state index in [4.69, 9.17) is 0 Å². The molecule has 160 valence electrons. The number of rotatable bonds is 5. The van der Waals surface area contributed by atoms with Gasteiger partial charge in [0.25, 0.3) is 0 Å². The standard InChI is InChI=1S/C23H29N3O3S/c1-18(2)19-7-9-21(10-8-19)30(28,29)25-15-13-24(14-16-25)17-23(27)26-12-11-20-5-3-4-6-22(20)26/h3-10,18H,11-17H2,1-2H3. The number of sulfonamides is 1. The van der Waals surface area contributed by atoms with Crippen molar-refractivity contribution in [1.29, 1.82) is 0 Å². The van der Waals surface area contributed by atoms with Crippen molar-refractivity contribution < 1.29 is 13.2 Å². The number of hydrogen-bond donors (Lipinski definition) is 0. The number of amides is 1. The maximum atomic E-state index is 13.0. The van der Waals surface area contributed by atoms with Gasteiger partial charge in [0.2, 0.25) is 15.9 Å². The molecule has 0 atom stereocenters. The molecule has 6 nitrogen and oxygen atoms in total. The highest BCUT2D eigenvalue weighted by Gasteiger charge is 2.31. The third-order valence-corrected chi connectivity index (χ3v) is 7.98. The molecule has 4 rings (SSSR count). The van der Waals surface area contributed by atoms with E-state index in [1.54, 1.807) is 12.1 Å². The molecule has 2 aromatic rings. The molecule has 2 aromatic carbocycles. The molecule has 1 fully saturated rings. The predicted octanol–water partition coefficient (Wildman–Crippen LogP) is 2.71. The fourth-order valence-electron chi connectivity index (χ4n) is 4.18. The van der Waals surface area contributed by atoms with Gasteiger partial charge in [0.1, 0.15) is 0 Å². The largest absolute Gasteiger partial charge is 0.311 e. The van der Waals surface area contributed by atoms with Gasteiger partial charge in [-0.1, -0.05) is 44.2 Å². The van der Waals surface area contributed by atoms with Gasteiger partial charge >= 0.3 is 0 Å². The van der Waals surface area contributed by atoms with Gasteiger partial charge in [-0.15, -0.1) is 0 Å². The van der Waals surface area contributed by atoms with Crippen LogP contribution in [-0.4, -0.2) is 62.8 Å². The van der Waals surface area contributed by atoms with Crippen LogP contribution in [0.25, 0.3) is 0 Å². The third-order valence-electron chi connectivity index (χ3n) is 6.06. The maximum absolute atomic E-state index is 13.0. The summed E-state index contributed by atoms with van der Waals surface area (Å²) >= 11 is 0. The fraction of sp³-hybridized carbons (Fsp3) is 0.435. The molecule has 0 N–H and O–H groups in total. The lowest BCUT2D eigenvalue weighted by atomic mass is 10.0. The van der Waals surface area contributed by atoms with Crippen LogP contribution < -0.4 is 4.90 Å². The van der Waals surface area contributed by atoms with Crippen molar-refractivity contribution in [1.82, 2.24) is 9.21 Å². The summed E-state index contributed by atoms with van der Waals surface area (Å²) in [6.45, 7) is 7.14. The van der Waals surface area contributed by atoms with Crippen LogP contribution in [0.4, 0.5) is 5.69 Å². The topological polar surface area (TPSA) is 60.9 Å². The molecule has 0 aromatic heterocycles. The van der Waals surface area contributed by atoms with Gasteiger partial charge < -0.3 is 4.90 Å². The summed E-state index contributed by atoms with van der Waals surface area (Å²) in [4.78, 5) is 17.1. The molecule has 0 radical (unpaired) electrons. The van der Waals surface area contributed by atoms with Gasteiger partial charge in [0, 0.05) is 38.4 Å². The second-order valence-corrected chi connectivity index (χ2v) is 10.3. The average molecular weight is 428 g/mol. The van der Waals surface area contributed by atoms with Gasteiger partial charge in [-0.2, -0.15) is 4.31 Å². The Morgan fingerprint density at radius 2 is 1.60 bits per heavy atom. The Kier molecular flexibility index (Phi) is 5.95. The summed E-state index contributed by atoms with van der Waals surface area (Å²) in [7, 11) is -3.50. The molecule has 2 aliphatic heterocycles. The van der Waals surface area contributed by atoms with Crippen molar-refractivity contribution in [2.75, 3.05) is 44.2 Å². The van der Waals surface area contributed by atoms with Crippen LogP contribution in [0.1, 0.15) is 30.9 Å². The molecule has 0 spiro atoms. The molecule has 0 bridgehead atoms. The van der Waals surface area contributed by atoms with Crippen molar-refractivity contribution in [3.8, 4) is 0 Å². The summed E-state index contributed by atoms with van der Waals surface area (Å²) in [5, 5.41) is 0. The highest BCUT2D eigenvalue weighted by molar-refractivity contribution is 7.89. The highest BCUT2D eigenvalue weighted by Crippen LogP contribution is 2.27. The van der Waals surface area contributed by atoms with Crippen LogP contribution in [-0.2, 0) is 21.2 Å². The van der Waals surface area contributed by atoms with Gasteiger partial charge in [-0.25, -0.2) is 8.42 Å². The van der Waals surface area contributed by atoms with Gasteiger partial charge in [-0.3, -0.25) is 9.69 Å². The Morgan fingerprint density at radius 1 is 0.933 bits per heavy atom. The first-order valence-corrected chi connectivity index (χ1v) is 12.0. The lowest BCUT2D eigenvalue weighted by molar-refractivity contribution is -0.119. The van der Waals surface area contributed by atoms with E-state index in [2.05, 4.69) is 24.8 Å². The average Bonchev–Trinajstić information content (AvgIpc) is 3.18. The molecular formula is C23H29N3O3S. The van der Waals surface area contributed by atoms with Crippen molar-refractivity contribution in [2.45, 2.75) is 31.1 Å². The lowest BCUT2D eigenvalue weighted by Crippen LogP contribution is -2.51. The van der Waals surface area contributed by atoms with Crippen LogP contribution in [0.3, 0.4) is 0 Å². The van der Waals surface area contributed by atoms with E-state index in [0.717, 1.165) is 24.2 Å². The van der Waals surface area contributed by atoms with Gasteiger partial charge in [-0.05, 0) is 41.7 Å². The zero-order chi connectivity index (χ0) is 21.3. The van der Waals surface area contributed by atoms with Crippen molar-refractivity contribution >= 4 is 21.6 Å². The van der Waals surface area contributed by atoms with E-state index in [0.29, 0.717) is 43.5 Å². The summed E-state index contributed by atoms with van der Waals surface area (Å²) in [5.74, 6) is 0.450. The number of para-hydroxylation sites is 1. The molecule has 0 saturated carbocycles. The minimum absolute atomic E-state index is 0.0838. The molecule has 0 aliphatic carbocycles. The summed E-state index contributed by atoms with van der Waals surface area (Å²) < 4.78 is 27.5. The number of fused-ring (bicyclic) bond motifs is 1. The molecular weight excluding hydrogens is 398 g/mol. The summed E-state index contributed by atoms with van der Waals surface area (Å²) in [6, 6.07) is 15.2. The Bertz CT molecular complexity index is 1010. The molecule has 7 heteroatoms. The van der Waals surface area contributed by atoms with Crippen molar-refractivity contribution in [3.63, 3.8) is 0 Å². The molecule has 1 saturated heterocycles. The van der Waals surface area contributed by atoms with E-state index >= 15 is 0 Å². The zero-order valence-electron chi connectivity index (χ0n) is 17.6. The quantitative estimate of drug-likeness (QED) is 0.736. The SMILES string of the molecule is CC(C)c1ccc(S(=O)(=O)N2CCN(CC(=O)N3CCc4ccccc43)CC2)cc1. The van der Waals surface area contributed by atoms with Crippen LogP contribution in [0.15, 0.2) is 53.4 Å². The number of anilines is 1. The Balaban J connectivity index is 1.35. The van der Waals surface area contributed by atoms with Crippen LogP contribution in [0.2, 0.25) is 0 Å². The van der Waals surface area contributed by atoms with Crippen LogP contribution >= 0.6 is 0 Å². The second-order valence-electron chi connectivity index (χ2n) is 8.33. The van der Waals surface area contributed by atoms with Crippen LogP contribution in [0, 0.1) is 0 Å². The first-order chi connectivity index (χ1) is 14.4. The number of carbonyl (C=O) groups is 1. The molecule has 1 amide bonds. The predicted molar refractivity (Wildman–Crippen MR) is 118 cm³/mol. The minimum Gasteiger partial charge on any atom is -0.311 e. The molecule has 2 heterocycles. The maximum Gasteiger partial charge on any atom is 0.243 e. The Labute approximate surface area is 179 Å². The first-order valence-electron chi connectivity index (χ1n) is 10.6. The molecule has 2 aliphatic rings. The summed E-state index contributed by atoms with van der Waals surface area (Å²) in [6.07, 6.45) is 0.892. The smallest absolute Gasteiger partial charge is 0.243 e. The normalized spacial score (nSPS) is 18.0. The van der Waals surface area contributed by atoms with E-state index in [1.807, 2.05) is 35.2 Å². The zero-order valence-corrected chi connectivity index (χ0v) is 18.4. The monoisotopic (exact) mass is 427 g/mol. The molecule has 30 heavy (non-hydrogen) atoms. The third kappa shape index (κ3) is 4.15. The highest BCUT2D eigenvalue weighted by atomic mass is 32.2. The van der Waals surface area contributed by atoms with Crippen LogP contribution in [0.5, 0.6) is 0 Å². The Hall–Kier alpha value is -2.22. The van der Waals surface area contributed by atoms with Gasteiger partial charge in [0.15, 0.2) is 0 Å². The van der Waals surface area contributed by atoms with Crippen molar-refractivity contribution in [3.05, 3.63) is 59.7 Å². The first kappa shape index (κ1) is 21.0. The van der Waals surface area contributed by atoms with E-state index < -0.39 is 10.0 Å². The number of hydrogen-bond acceptors (Lipinski definition) is 4. The molecule has 0 unspecified atom stereocenters. The fourth-order valence-corrected chi connectivity index (χ4v) is 5.60. The second kappa shape index (κ2) is 8.49. The lowest BCUT2D eigenvalue weighted by Gasteiger charge is -2.34. The van der Waals surface area contributed by atoms with Crippen molar-refractivity contribution in [2.24, 2.45) is 0 Å². The number of carbonyl (C=O) groups excluding carboxylic acids is 1. The van der Waals surface area contributed by atoms with E-state index in [-0.39, 0.29) is 5.91 Å². The van der Waals surface area contributed by atoms with E-state index in [9.17, 15) is 13.2 Å². The van der Waals surface area contributed by atoms with E-state index in [1.165, 1.54) is 9.87 Å². The number of benzene rings is 2. The number of piperazine rings is 1. The Morgan fingerprint density at radius 3 is 2.27 bits per heavy atom.